The van der Waals surface area contributed by atoms with Gasteiger partial charge in [-0.25, -0.2) is 9.67 Å². The summed E-state index contributed by atoms with van der Waals surface area (Å²) in [5, 5.41) is 13.5. The number of hydrogen-bond donors (Lipinski definition) is 0. The number of carbonyl (C=O) groups is 1. The largest absolute Gasteiger partial charge is 0.480 e. The maximum atomic E-state index is 13.3. The molecule has 170 valence electrons. The lowest BCUT2D eigenvalue weighted by Gasteiger charge is -2.23. The number of rotatable bonds is 4. The van der Waals surface area contributed by atoms with E-state index in [1.165, 1.54) is 11.0 Å². The second-order valence-corrected chi connectivity index (χ2v) is 7.99. The average molecular weight is 476 g/mol. The molecule has 33 heavy (non-hydrogen) atoms. The average Bonchev–Trinajstić information content (AvgIpc) is 3.32. The number of nitriles is 1. The van der Waals surface area contributed by atoms with Gasteiger partial charge in [0.15, 0.2) is 11.9 Å². The Balaban J connectivity index is 1.62. The summed E-state index contributed by atoms with van der Waals surface area (Å²) in [6, 6.07) is 7.93. The maximum absolute atomic E-state index is 13.3. The van der Waals surface area contributed by atoms with Crippen LogP contribution in [0.5, 0.6) is 5.75 Å². The molecule has 3 aromatic rings. The highest BCUT2D eigenvalue weighted by Crippen LogP contribution is 2.35. The van der Waals surface area contributed by atoms with Crippen LogP contribution < -0.4 is 4.74 Å². The van der Waals surface area contributed by atoms with Crippen LogP contribution in [0.25, 0.3) is 5.82 Å². The first-order valence-corrected chi connectivity index (χ1v) is 10.2. The monoisotopic (exact) mass is 475 g/mol. The van der Waals surface area contributed by atoms with Crippen molar-refractivity contribution >= 4 is 17.5 Å². The Morgan fingerprint density at radius 1 is 1.30 bits per heavy atom. The summed E-state index contributed by atoms with van der Waals surface area (Å²) in [6.45, 7) is 3.05. The standard InChI is InChI=1S/C22H17ClF3N5O2/c1-12-5-6-28-18(7-12)31-10-15-9-30(11-16(15)29-31)21(32)19-17(33-13(2)22(24,25)26)4-3-14(8-27)20(19)23/h3-7,10,13H,9,11H2,1-2H3/t13-/m0/s1. The molecule has 7 nitrogen and oxygen atoms in total. The zero-order valence-corrected chi connectivity index (χ0v) is 18.3. The Kier molecular flexibility index (Phi) is 5.76. The third kappa shape index (κ3) is 4.36. The van der Waals surface area contributed by atoms with E-state index in [9.17, 15) is 23.2 Å². The highest BCUT2D eigenvalue weighted by atomic mass is 35.5. The van der Waals surface area contributed by atoms with Crippen molar-refractivity contribution in [3.05, 3.63) is 69.6 Å². The van der Waals surface area contributed by atoms with Gasteiger partial charge in [-0.3, -0.25) is 4.79 Å². The molecule has 4 rings (SSSR count). The quantitative estimate of drug-likeness (QED) is 0.551. The van der Waals surface area contributed by atoms with Crippen LogP contribution >= 0.6 is 11.6 Å². The van der Waals surface area contributed by atoms with E-state index in [0.717, 1.165) is 24.1 Å². The molecule has 1 aromatic carbocycles. The molecule has 0 radical (unpaired) electrons. The second kappa shape index (κ2) is 8.41. The summed E-state index contributed by atoms with van der Waals surface area (Å²) in [7, 11) is 0. The fourth-order valence-corrected chi connectivity index (χ4v) is 3.70. The Bertz CT molecular complexity index is 1260. The van der Waals surface area contributed by atoms with Gasteiger partial charge >= 0.3 is 6.18 Å². The van der Waals surface area contributed by atoms with Gasteiger partial charge in [0, 0.05) is 24.5 Å². The number of ether oxygens (including phenoxy) is 1. The molecule has 1 aliphatic heterocycles. The lowest BCUT2D eigenvalue weighted by atomic mass is 10.1. The van der Waals surface area contributed by atoms with E-state index in [1.807, 2.05) is 25.1 Å². The van der Waals surface area contributed by atoms with Crippen LogP contribution in [0.15, 0.2) is 36.7 Å². The van der Waals surface area contributed by atoms with E-state index in [1.54, 1.807) is 17.1 Å². The Morgan fingerprint density at radius 2 is 2.06 bits per heavy atom. The van der Waals surface area contributed by atoms with Crippen molar-refractivity contribution in [1.82, 2.24) is 19.7 Å². The Hall–Kier alpha value is -3.58. The first-order chi connectivity index (χ1) is 15.6. The number of carbonyl (C=O) groups excluding carboxylic acids is 1. The number of pyridine rings is 1. The van der Waals surface area contributed by atoms with E-state index in [0.29, 0.717) is 11.5 Å². The number of benzene rings is 1. The molecule has 0 N–H and O–H groups in total. The molecule has 1 amide bonds. The summed E-state index contributed by atoms with van der Waals surface area (Å²) in [5.74, 6) is -0.365. The molecule has 1 atom stereocenters. The summed E-state index contributed by atoms with van der Waals surface area (Å²) in [6.07, 6.45) is -3.39. The van der Waals surface area contributed by atoms with Crippen molar-refractivity contribution in [3.63, 3.8) is 0 Å². The van der Waals surface area contributed by atoms with Crippen LogP contribution in [0.1, 0.15) is 39.7 Å². The first kappa shape index (κ1) is 22.6. The van der Waals surface area contributed by atoms with Crippen molar-refractivity contribution in [2.75, 3.05) is 0 Å². The van der Waals surface area contributed by atoms with Gasteiger partial charge < -0.3 is 9.64 Å². The molecule has 0 unspecified atom stereocenters. The summed E-state index contributed by atoms with van der Waals surface area (Å²) in [4.78, 5) is 18.9. The number of halogens is 4. The summed E-state index contributed by atoms with van der Waals surface area (Å²) >= 11 is 6.23. The van der Waals surface area contributed by atoms with E-state index in [2.05, 4.69) is 10.1 Å². The number of aryl methyl sites for hydroxylation is 1. The normalized spacial score (nSPS) is 14.0. The van der Waals surface area contributed by atoms with Gasteiger partial charge in [-0.05, 0) is 43.7 Å². The molecule has 2 aromatic heterocycles. The minimum absolute atomic E-state index is 0.0420. The summed E-state index contributed by atoms with van der Waals surface area (Å²) < 4.78 is 45.7. The van der Waals surface area contributed by atoms with Gasteiger partial charge in [0.1, 0.15) is 17.4 Å². The molecule has 0 aliphatic carbocycles. The van der Waals surface area contributed by atoms with Crippen LogP contribution in [0.4, 0.5) is 13.2 Å². The van der Waals surface area contributed by atoms with Gasteiger partial charge in [0.2, 0.25) is 0 Å². The maximum Gasteiger partial charge on any atom is 0.425 e. The van der Waals surface area contributed by atoms with Crippen LogP contribution in [0.2, 0.25) is 5.02 Å². The van der Waals surface area contributed by atoms with Crippen molar-refractivity contribution in [2.45, 2.75) is 39.2 Å². The highest BCUT2D eigenvalue weighted by Gasteiger charge is 2.39. The zero-order chi connectivity index (χ0) is 23.9. The highest BCUT2D eigenvalue weighted by molar-refractivity contribution is 6.35. The van der Waals surface area contributed by atoms with Crippen LogP contribution in [-0.2, 0) is 13.1 Å². The molecule has 0 bridgehead atoms. The molecule has 1 aliphatic rings. The fourth-order valence-electron chi connectivity index (χ4n) is 3.42. The second-order valence-electron chi connectivity index (χ2n) is 7.61. The third-order valence-electron chi connectivity index (χ3n) is 5.20. The summed E-state index contributed by atoms with van der Waals surface area (Å²) in [5.41, 5.74) is 2.08. The molecular formula is C22H17ClF3N5O2. The number of nitrogens with zero attached hydrogens (tertiary/aromatic N) is 5. The minimum Gasteiger partial charge on any atom is -0.480 e. The Labute approximate surface area is 192 Å². The smallest absolute Gasteiger partial charge is 0.425 e. The van der Waals surface area contributed by atoms with E-state index < -0.39 is 18.2 Å². The molecule has 3 heterocycles. The molecule has 0 saturated carbocycles. The first-order valence-electron chi connectivity index (χ1n) is 9.84. The minimum atomic E-state index is -4.64. The van der Waals surface area contributed by atoms with Gasteiger partial charge in [-0.1, -0.05) is 11.6 Å². The molecular weight excluding hydrogens is 459 g/mol. The number of fused-ring (bicyclic) bond motifs is 1. The van der Waals surface area contributed by atoms with E-state index in [4.69, 9.17) is 16.3 Å². The van der Waals surface area contributed by atoms with Crippen LogP contribution in [0, 0.1) is 18.3 Å². The van der Waals surface area contributed by atoms with Crippen molar-refractivity contribution in [3.8, 4) is 17.6 Å². The lowest BCUT2D eigenvalue weighted by Crippen LogP contribution is -2.33. The SMILES string of the molecule is Cc1ccnc(-n2cc3c(n2)CN(C(=O)c2c(O[C@@H](C)C(F)(F)F)ccc(C#N)c2Cl)C3)c1. The number of amides is 1. The number of aromatic nitrogens is 3. The zero-order valence-electron chi connectivity index (χ0n) is 17.5. The van der Waals surface area contributed by atoms with E-state index in [-0.39, 0.29) is 35.0 Å². The van der Waals surface area contributed by atoms with Crippen LogP contribution in [-0.4, -0.2) is 37.9 Å². The Morgan fingerprint density at radius 3 is 2.70 bits per heavy atom. The number of hydrogen-bond acceptors (Lipinski definition) is 5. The van der Waals surface area contributed by atoms with E-state index >= 15 is 0 Å². The molecule has 0 spiro atoms. The third-order valence-corrected chi connectivity index (χ3v) is 5.60. The predicted molar refractivity (Wildman–Crippen MR) is 112 cm³/mol. The van der Waals surface area contributed by atoms with Crippen molar-refractivity contribution < 1.29 is 22.7 Å². The van der Waals surface area contributed by atoms with Crippen molar-refractivity contribution in [1.29, 1.82) is 5.26 Å². The van der Waals surface area contributed by atoms with Gasteiger partial charge in [0.05, 0.1) is 22.8 Å². The number of alkyl halides is 3. The lowest BCUT2D eigenvalue weighted by molar-refractivity contribution is -0.189. The molecule has 0 saturated heterocycles. The van der Waals surface area contributed by atoms with Gasteiger partial charge in [0.25, 0.3) is 5.91 Å². The van der Waals surface area contributed by atoms with Crippen molar-refractivity contribution in [2.24, 2.45) is 0 Å². The fraction of sp³-hybridized carbons (Fsp3) is 0.273. The molecule has 11 heteroatoms. The van der Waals surface area contributed by atoms with Gasteiger partial charge in [-0.2, -0.15) is 23.5 Å². The van der Waals surface area contributed by atoms with Gasteiger partial charge in [-0.15, -0.1) is 0 Å². The van der Waals surface area contributed by atoms with Crippen LogP contribution in [0.3, 0.4) is 0 Å². The molecule has 0 fully saturated rings. The topological polar surface area (TPSA) is 84.0 Å². The predicted octanol–water partition coefficient (Wildman–Crippen LogP) is 4.59.